The quantitative estimate of drug-likeness (QED) is 0.693. The molecule has 18 heavy (non-hydrogen) atoms. The zero-order valence-electron chi connectivity index (χ0n) is 11.4. The summed E-state index contributed by atoms with van der Waals surface area (Å²) in [5, 5.41) is 4.94. The fourth-order valence-electron chi connectivity index (χ4n) is 2.52. The van der Waals surface area contributed by atoms with E-state index in [1.165, 1.54) is 25.7 Å². The molecule has 1 rings (SSSR count). The maximum atomic E-state index is 10.7. The van der Waals surface area contributed by atoms with E-state index in [1.54, 1.807) is 0 Å². The van der Waals surface area contributed by atoms with Crippen LogP contribution in [-0.2, 0) is 14.8 Å². The molecule has 1 aliphatic carbocycles. The summed E-state index contributed by atoms with van der Waals surface area (Å²) >= 11 is 0. The maximum absolute atomic E-state index is 10.7. The molecule has 0 heterocycles. The first-order valence-electron chi connectivity index (χ1n) is 7.11. The van der Waals surface area contributed by atoms with Crippen LogP contribution >= 0.6 is 0 Å². The standard InChI is InChI=1S/C13H27NO3S/c1-12-8-4-5-9-13(12)17-10-6-2-3-7-11-18(14,15)16/h12-13H,2-11H2,1H3,(H2,14,15,16). The molecule has 0 aromatic rings. The van der Waals surface area contributed by atoms with Crippen LogP contribution in [0.3, 0.4) is 0 Å². The summed E-state index contributed by atoms with van der Waals surface area (Å²) in [6, 6.07) is 0. The van der Waals surface area contributed by atoms with E-state index < -0.39 is 10.0 Å². The molecule has 0 spiro atoms. The summed E-state index contributed by atoms with van der Waals surface area (Å²) in [5.74, 6) is 0.800. The zero-order valence-corrected chi connectivity index (χ0v) is 12.3. The van der Waals surface area contributed by atoms with E-state index in [2.05, 4.69) is 6.92 Å². The van der Waals surface area contributed by atoms with E-state index in [0.29, 0.717) is 18.4 Å². The van der Waals surface area contributed by atoms with Crippen LogP contribution in [0.5, 0.6) is 0 Å². The minimum absolute atomic E-state index is 0.105. The Hall–Kier alpha value is -0.130. The fourth-order valence-corrected chi connectivity index (χ4v) is 3.13. The molecule has 0 bridgehead atoms. The summed E-state index contributed by atoms with van der Waals surface area (Å²) < 4.78 is 27.3. The molecular formula is C13H27NO3S. The highest BCUT2D eigenvalue weighted by Crippen LogP contribution is 2.26. The third-order valence-corrected chi connectivity index (χ3v) is 4.55. The van der Waals surface area contributed by atoms with Crippen molar-refractivity contribution in [2.45, 2.75) is 64.4 Å². The highest BCUT2D eigenvalue weighted by Gasteiger charge is 2.21. The molecular weight excluding hydrogens is 250 g/mol. The van der Waals surface area contributed by atoms with Gasteiger partial charge >= 0.3 is 0 Å². The van der Waals surface area contributed by atoms with Gasteiger partial charge in [0.2, 0.25) is 10.0 Å². The second-order valence-electron chi connectivity index (χ2n) is 5.45. The second kappa shape index (κ2) is 8.12. The Morgan fingerprint density at radius 2 is 1.78 bits per heavy atom. The molecule has 0 saturated heterocycles. The number of hydrogen-bond acceptors (Lipinski definition) is 3. The molecule has 1 aliphatic rings. The molecule has 0 aromatic carbocycles. The lowest BCUT2D eigenvalue weighted by Crippen LogP contribution is -2.25. The van der Waals surface area contributed by atoms with Crippen LogP contribution in [0, 0.1) is 5.92 Å². The minimum Gasteiger partial charge on any atom is -0.378 e. The van der Waals surface area contributed by atoms with E-state index in [4.69, 9.17) is 9.88 Å². The lowest BCUT2D eigenvalue weighted by atomic mass is 9.88. The molecule has 0 aliphatic heterocycles. The first kappa shape index (κ1) is 15.9. The third kappa shape index (κ3) is 7.34. The summed E-state index contributed by atoms with van der Waals surface area (Å²) in [6.45, 7) is 3.08. The molecule has 4 nitrogen and oxygen atoms in total. The average Bonchev–Trinajstić information content (AvgIpc) is 2.28. The molecule has 0 aromatic heterocycles. The highest BCUT2D eigenvalue weighted by molar-refractivity contribution is 7.89. The predicted molar refractivity (Wildman–Crippen MR) is 73.8 cm³/mol. The Balaban J connectivity index is 1.95. The zero-order chi connectivity index (χ0) is 13.4. The number of sulfonamides is 1. The number of hydrogen-bond donors (Lipinski definition) is 1. The fraction of sp³-hybridized carbons (Fsp3) is 1.00. The number of rotatable bonds is 8. The first-order chi connectivity index (χ1) is 8.49. The number of nitrogens with two attached hydrogens (primary N) is 1. The van der Waals surface area contributed by atoms with Crippen LogP contribution in [0.15, 0.2) is 0 Å². The monoisotopic (exact) mass is 277 g/mol. The molecule has 0 amide bonds. The largest absolute Gasteiger partial charge is 0.378 e. The van der Waals surface area contributed by atoms with Crippen molar-refractivity contribution in [3.63, 3.8) is 0 Å². The van der Waals surface area contributed by atoms with E-state index >= 15 is 0 Å². The van der Waals surface area contributed by atoms with Crippen molar-refractivity contribution in [3.8, 4) is 0 Å². The van der Waals surface area contributed by atoms with E-state index in [0.717, 1.165) is 25.9 Å². The van der Waals surface area contributed by atoms with Crippen molar-refractivity contribution in [1.29, 1.82) is 0 Å². The van der Waals surface area contributed by atoms with Gasteiger partial charge < -0.3 is 4.74 Å². The molecule has 2 N–H and O–H groups in total. The summed E-state index contributed by atoms with van der Waals surface area (Å²) in [5.41, 5.74) is 0. The molecule has 0 radical (unpaired) electrons. The van der Waals surface area contributed by atoms with Gasteiger partial charge in [-0.05, 0) is 31.6 Å². The molecule has 2 unspecified atom stereocenters. The van der Waals surface area contributed by atoms with Gasteiger partial charge in [0.25, 0.3) is 0 Å². The number of ether oxygens (including phenoxy) is 1. The van der Waals surface area contributed by atoms with E-state index in [-0.39, 0.29) is 5.75 Å². The summed E-state index contributed by atoms with van der Waals surface area (Å²) in [6.07, 6.45) is 9.20. The van der Waals surface area contributed by atoms with Crippen molar-refractivity contribution in [2.75, 3.05) is 12.4 Å². The summed E-state index contributed by atoms with van der Waals surface area (Å²) in [4.78, 5) is 0. The Morgan fingerprint density at radius 3 is 2.44 bits per heavy atom. The second-order valence-corrected chi connectivity index (χ2v) is 7.19. The van der Waals surface area contributed by atoms with Crippen molar-refractivity contribution < 1.29 is 13.2 Å². The maximum Gasteiger partial charge on any atom is 0.209 e. The molecule has 1 fully saturated rings. The molecule has 5 heteroatoms. The van der Waals surface area contributed by atoms with E-state index in [1.807, 2.05) is 0 Å². The minimum atomic E-state index is -3.27. The molecule has 2 atom stereocenters. The van der Waals surface area contributed by atoms with Crippen LogP contribution in [0.25, 0.3) is 0 Å². The van der Waals surface area contributed by atoms with Crippen LogP contribution in [-0.4, -0.2) is 26.9 Å². The van der Waals surface area contributed by atoms with Gasteiger partial charge in [0.15, 0.2) is 0 Å². The number of unbranched alkanes of at least 4 members (excludes halogenated alkanes) is 3. The van der Waals surface area contributed by atoms with Crippen LogP contribution in [0.4, 0.5) is 0 Å². The predicted octanol–water partition coefficient (Wildman–Crippen LogP) is 2.43. The van der Waals surface area contributed by atoms with Gasteiger partial charge in [-0.1, -0.05) is 32.6 Å². The smallest absolute Gasteiger partial charge is 0.209 e. The Labute approximate surface area is 111 Å². The SMILES string of the molecule is CC1CCCCC1OCCCCCCS(N)(=O)=O. The van der Waals surface area contributed by atoms with Crippen molar-refractivity contribution >= 4 is 10.0 Å². The normalized spacial score (nSPS) is 25.2. The molecule has 1 saturated carbocycles. The van der Waals surface area contributed by atoms with Crippen LogP contribution < -0.4 is 5.14 Å². The lowest BCUT2D eigenvalue weighted by molar-refractivity contribution is -0.00653. The van der Waals surface area contributed by atoms with Gasteiger partial charge in [0, 0.05) is 6.61 Å². The summed E-state index contributed by atoms with van der Waals surface area (Å²) in [7, 11) is -3.27. The van der Waals surface area contributed by atoms with Crippen molar-refractivity contribution in [1.82, 2.24) is 0 Å². The van der Waals surface area contributed by atoms with Crippen molar-refractivity contribution in [2.24, 2.45) is 11.1 Å². The lowest BCUT2D eigenvalue weighted by Gasteiger charge is -2.28. The van der Waals surface area contributed by atoms with Gasteiger partial charge in [0.05, 0.1) is 11.9 Å². The number of primary sulfonamides is 1. The van der Waals surface area contributed by atoms with Gasteiger partial charge in [-0.3, -0.25) is 0 Å². The van der Waals surface area contributed by atoms with Gasteiger partial charge in [-0.2, -0.15) is 0 Å². The van der Waals surface area contributed by atoms with Crippen LogP contribution in [0.2, 0.25) is 0 Å². The third-order valence-electron chi connectivity index (χ3n) is 3.69. The Bertz CT molecular complexity index is 316. The first-order valence-corrected chi connectivity index (χ1v) is 8.82. The van der Waals surface area contributed by atoms with Crippen LogP contribution in [0.1, 0.15) is 58.3 Å². The highest BCUT2D eigenvalue weighted by atomic mass is 32.2. The van der Waals surface area contributed by atoms with Gasteiger partial charge in [-0.15, -0.1) is 0 Å². The van der Waals surface area contributed by atoms with Gasteiger partial charge in [-0.25, -0.2) is 13.6 Å². The van der Waals surface area contributed by atoms with Gasteiger partial charge in [0.1, 0.15) is 0 Å². The van der Waals surface area contributed by atoms with Crippen molar-refractivity contribution in [3.05, 3.63) is 0 Å². The average molecular weight is 277 g/mol. The topological polar surface area (TPSA) is 69.4 Å². The molecule has 108 valence electrons. The Morgan fingerprint density at radius 1 is 1.11 bits per heavy atom. The Kier molecular flexibility index (Phi) is 7.19. The van der Waals surface area contributed by atoms with E-state index in [9.17, 15) is 8.42 Å².